The largest absolute Gasteiger partial charge is 0.394 e. The molecule has 0 spiro atoms. The van der Waals surface area contributed by atoms with Crippen LogP contribution in [0, 0.1) is 0 Å². The molecule has 0 radical (unpaired) electrons. The first-order valence-corrected chi connectivity index (χ1v) is 6.60. The molecule has 94 valence electrons. The number of hydrogen-bond acceptors (Lipinski definition) is 3. The molecule has 1 saturated heterocycles. The molecule has 1 aromatic heterocycles. The lowest BCUT2D eigenvalue weighted by Gasteiger charge is -2.26. The third-order valence-electron chi connectivity index (χ3n) is 3.56. The van der Waals surface area contributed by atoms with Gasteiger partial charge in [0.25, 0.3) is 0 Å². The van der Waals surface area contributed by atoms with Gasteiger partial charge in [0.05, 0.1) is 18.2 Å². The maximum Gasteiger partial charge on any atom is 0.131 e. The molecule has 1 fully saturated rings. The van der Waals surface area contributed by atoms with E-state index in [9.17, 15) is 5.11 Å². The van der Waals surface area contributed by atoms with Crippen molar-refractivity contribution >= 4 is 28.2 Å². The second-order valence-corrected chi connectivity index (χ2v) is 5.04. The van der Waals surface area contributed by atoms with Gasteiger partial charge in [0.2, 0.25) is 0 Å². The number of para-hydroxylation sites is 1. The van der Waals surface area contributed by atoms with Crippen LogP contribution < -0.4 is 4.90 Å². The van der Waals surface area contributed by atoms with Gasteiger partial charge in [-0.15, -0.1) is 0 Å². The van der Waals surface area contributed by atoms with Crippen LogP contribution in [-0.2, 0) is 0 Å². The highest BCUT2D eigenvalue weighted by Gasteiger charge is 2.25. The van der Waals surface area contributed by atoms with Crippen LogP contribution in [0.25, 0.3) is 10.9 Å². The van der Waals surface area contributed by atoms with Crippen molar-refractivity contribution in [2.45, 2.75) is 18.9 Å². The van der Waals surface area contributed by atoms with E-state index in [0.717, 1.165) is 36.0 Å². The number of aliphatic hydroxyl groups is 1. The van der Waals surface area contributed by atoms with Crippen molar-refractivity contribution in [1.29, 1.82) is 0 Å². The highest BCUT2D eigenvalue weighted by molar-refractivity contribution is 6.30. The molecular formula is C14H15ClN2O. The fourth-order valence-corrected chi connectivity index (χ4v) is 2.90. The minimum atomic E-state index is 0.189. The summed E-state index contributed by atoms with van der Waals surface area (Å²) in [6.07, 6.45) is 2.14. The molecule has 0 saturated carbocycles. The van der Waals surface area contributed by atoms with E-state index < -0.39 is 0 Å². The average Bonchev–Trinajstić information content (AvgIpc) is 2.85. The van der Waals surface area contributed by atoms with Crippen LogP contribution in [0.1, 0.15) is 12.8 Å². The number of rotatable bonds is 2. The lowest BCUT2D eigenvalue weighted by atomic mass is 10.1. The summed E-state index contributed by atoms with van der Waals surface area (Å²) in [7, 11) is 0. The SMILES string of the molecule is OCC1CCCN1c1cc(Cl)nc2ccccc12. The number of aliphatic hydroxyl groups excluding tert-OH is 1. The monoisotopic (exact) mass is 262 g/mol. The number of aromatic nitrogens is 1. The van der Waals surface area contributed by atoms with E-state index in [4.69, 9.17) is 11.6 Å². The van der Waals surface area contributed by atoms with E-state index in [-0.39, 0.29) is 12.6 Å². The van der Waals surface area contributed by atoms with E-state index in [2.05, 4.69) is 16.0 Å². The fraction of sp³-hybridized carbons (Fsp3) is 0.357. The van der Waals surface area contributed by atoms with Crippen molar-refractivity contribution in [3.63, 3.8) is 0 Å². The molecule has 2 aromatic rings. The number of anilines is 1. The molecule has 1 aliphatic heterocycles. The maximum absolute atomic E-state index is 9.45. The van der Waals surface area contributed by atoms with Crippen molar-refractivity contribution in [2.75, 3.05) is 18.1 Å². The molecule has 1 atom stereocenters. The zero-order valence-electron chi connectivity index (χ0n) is 10.0. The summed E-state index contributed by atoms with van der Waals surface area (Å²) in [6.45, 7) is 1.16. The molecular weight excluding hydrogens is 248 g/mol. The molecule has 1 N–H and O–H groups in total. The van der Waals surface area contributed by atoms with Crippen molar-refractivity contribution in [1.82, 2.24) is 4.98 Å². The summed E-state index contributed by atoms with van der Waals surface area (Å²) in [5, 5.41) is 11.1. The number of fused-ring (bicyclic) bond motifs is 1. The smallest absolute Gasteiger partial charge is 0.131 e. The molecule has 4 heteroatoms. The van der Waals surface area contributed by atoms with Crippen molar-refractivity contribution in [3.05, 3.63) is 35.5 Å². The number of halogens is 1. The van der Waals surface area contributed by atoms with Gasteiger partial charge in [-0.1, -0.05) is 29.8 Å². The Morgan fingerprint density at radius 3 is 3.06 bits per heavy atom. The predicted molar refractivity (Wildman–Crippen MR) is 74.2 cm³/mol. The van der Waals surface area contributed by atoms with Crippen LogP contribution in [0.15, 0.2) is 30.3 Å². The van der Waals surface area contributed by atoms with Gasteiger partial charge in [0.15, 0.2) is 0 Å². The summed E-state index contributed by atoms with van der Waals surface area (Å²) in [4.78, 5) is 6.58. The average molecular weight is 263 g/mol. The molecule has 3 rings (SSSR count). The first-order valence-electron chi connectivity index (χ1n) is 6.22. The molecule has 0 bridgehead atoms. The van der Waals surface area contributed by atoms with Crippen LogP contribution in [0.4, 0.5) is 5.69 Å². The standard InChI is InChI=1S/C14H15ClN2O/c15-14-8-13(17-7-3-4-10(17)9-18)11-5-1-2-6-12(11)16-14/h1-2,5-6,8,10,18H,3-4,7,9H2. The summed E-state index contributed by atoms with van der Waals surface area (Å²) in [5.41, 5.74) is 1.99. The third kappa shape index (κ3) is 1.93. The van der Waals surface area contributed by atoms with Crippen molar-refractivity contribution in [2.24, 2.45) is 0 Å². The second kappa shape index (κ2) is 4.75. The Labute approximate surface area is 111 Å². The zero-order valence-corrected chi connectivity index (χ0v) is 10.8. The van der Waals surface area contributed by atoms with E-state index >= 15 is 0 Å². The molecule has 0 aliphatic carbocycles. The van der Waals surface area contributed by atoms with Gasteiger partial charge >= 0.3 is 0 Å². The maximum atomic E-state index is 9.45. The summed E-state index contributed by atoms with van der Waals surface area (Å²) >= 11 is 6.09. The molecule has 18 heavy (non-hydrogen) atoms. The van der Waals surface area contributed by atoms with E-state index in [0.29, 0.717) is 5.15 Å². The minimum absolute atomic E-state index is 0.189. The van der Waals surface area contributed by atoms with Gasteiger partial charge in [0, 0.05) is 17.6 Å². The number of nitrogens with zero attached hydrogens (tertiary/aromatic N) is 2. The quantitative estimate of drug-likeness (QED) is 0.846. The molecule has 0 amide bonds. The topological polar surface area (TPSA) is 36.4 Å². The number of hydrogen-bond donors (Lipinski definition) is 1. The Morgan fingerprint density at radius 2 is 2.22 bits per heavy atom. The Morgan fingerprint density at radius 1 is 1.39 bits per heavy atom. The molecule has 1 aromatic carbocycles. The van der Waals surface area contributed by atoms with Gasteiger partial charge in [-0.05, 0) is 25.0 Å². The number of benzene rings is 1. The highest BCUT2D eigenvalue weighted by atomic mass is 35.5. The fourth-order valence-electron chi connectivity index (χ4n) is 2.71. The zero-order chi connectivity index (χ0) is 12.5. The van der Waals surface area contributed by atoms with Crippen LogP contribution in [0.5, 0.6) is 0 Å². The predicted octanol–water partition coefficient (Wildman–Crippen LogP) is 2.85. The van der Waals surface area contributed by atoms with Gasteiger partial charge in [-0.3, -0.25) is 0 Å². The van der Waals surface area contributed by atoms with Gasteiger partial charge in [-0.25, -0.2) is 4.98 Å². The minimum Gasteiger partial charge on any atom is -0.394 e. The Balaban J connectivity index is 2.15. The van der Waals surface area contributed by atoms with Crippen LogP contribution in [0.2, 0.25) is 5.15 Å². The summed E-state index contributed by atoms with van der Waals surface area (Å²) < 4.78 is 0. The van der Waals surface area contributed by atoms with Crippen molar-refractivity contribution in [3.8, 4) is 0 Å². The summed E-state index contributed by atoms with van der Waals surface area (Å²) in [6, 6.07) is 10.1. The van der Waals surface area contributed by atoms with Crippen LogP contribution >= 0.6 is 11.6 Å². The number of pyridine rings is 1. The first kappa shape index (κ1) is 11.8. The third-order valence-corrected chi connectivity index (χ3v) is 3.75. The summed E-state index contributed by atoms with van der Waals surface area (Å²) in [5.74, 6) is 0. The second-order valence-electron chi connectivity index (χ2n) is 4.65. The Bertz CT molecular complexity index is 573. The lowest BCUT2D eigenvalue weighted by molar-refractivity contribution is 0.266. The van der Waals surface area contributed by atoms with E-state index in [1.807, 2.05) is 24.3 Å². The molecule has 2 heterocycles. The van der Waals surface area contributed by atoms with E-state index in [1.165, 1.54) is 0 Å². The molecule has 1 unspecified atom stereocenters. The Hall–Kier alpha value is -1.32. The normalized spacial score (nSPS) is 19.7. The first-order chi connectivity index (χ1) is 8.79. The molecule has 1 aliphatic rings. The Kier molecular flexibility index (Phi) is 3.10. The van der Waals surface area contributed by atoms with Crippen molar-refractivity contribution < 1.29 is 5.11 Å². The van der Waals surface area contributed by atoms with E-state index in [1.54, 1.807) is 0 Å². The highest BCUT2D eigenvalue weighted by Crippen LogP contribution is 2.33. The van der Waals surface area contributed by atoms with Gasteiger partial charge in [0.1, 0.15) is 5.15 Å². The molecule has 3 nitrogen and oxygen atoms in total. The lowest BCUT2D eigenvalue weighted by Crippen LogP contribution is -2.32. The van der Waals surface area contributed by atoms with Crippen LogP contribution in [-0.4, -0.2) is 29.3 Å². The van der Waals surface area contributed by atoms with Crippen LogP contribution in [0.3, 0.4) is 0 Å². The van der Waals surface area contributed by atoms with Gasteiger partial charge in [-0.2, -0.15) is 0 Å². The van der Waals surface area contributed by atoms with Gasteiger partial charge < -0.3 is 10.0 Å².